The number of carboxylic acids is 1. The number of carboxylic acid groups (broad SMARTS) is 1. The number of ether oxygens (including phenoxy) is 1. The van der Waals surface area contributed by atoms with Gasteiger partial charge < -0.3 is 9.84 Å². The summed E-state index contributed by atoms with van der Waals surface area (Å²) in [4.78, 5) is 10.2. The molecule has 1 fully saturated rings. The summed E-state index contributed by atoms with van der Waals surface area (Å²) in [7, 11) is -3.70. The molecule has 2 N–H and O–H groups in total. The lowest BCUT2D eigenvalue weighted by Gasteiger charge is -2.09. The lowest BCUT2D eigenvalue weighted by Crippen LogP contribution is -2.35. The van der Waals surface area contributed by atoms with Crippen LogP contribution in [-0.2, 0) is 19.6 Å². The van der Waals surface area contributed by atoms with E-state index in [2.05, 4.69) is 4.72 Å². The van der Waals surface area contributed by atoms with Crippen molar-refractivity contribution in [3.05, 3.63) is 0 Å². The van der Waals surface area contributed by atoms with Crippen LogP contribution in [0, 0.1) is 0 Å². The second kappa shape index (κ2) is 4.72. The first-order valence-electron chi connectivity index (χ1n) is 4.30. The van der Waals surface area contributed by atoms with E-state index in [-0.39, 0.29) is 12.6 Å². The first-order chi connectivity index (χ1) is 6.49. The van der Waals surface area contributed by atoms with E-state index in [4.69, 9.17) is 9.84 Å². The van der Waals surface area contributed by atoms with E-state index in [1.54, 1.807) is 0 Å². The van der Waals surface area contributed by atoms with Crippen molar-refractivity contribution in [2.45, 2.75) is 18.9 Å². The summed E-state index contributed by atoms with van der Waals surface area (Å²) in [5, 5.41) is 8.29. The Bertz CT molecular complexity index is 293. The molecule has 14 heavy (non-hydrogen) atoms. The summed E-state index contributed by atoms with van der Waals surface area (Å²) in [6.45, 7) is 0.806. The van der Waals surface area contributed by atoms with E-state index in [9.17, 15) is 13.2 Å². The molecule has 1 saturated heterocycles. The molecule has 1 aliphatic rings. The van der Waals surface area contributed by atoms with Crippen molar-refractivity contribution in [2.24, 2.45) is 0 Å². The van der Waals surface area contributed by atoms with E-state index in [1.807, 2.05) is 0 Å². The molecule has 6 nitrogen and oxygen atoms in total. The van der Waals surface area contributed by atoms with Crippen molar-refractivity contribution >= 4 is 16.0 Å². The number of aliphatic carboxylic acids is 1. The molecule has 0 saturated carbocycles. The van der Waals surface area contributed by atoms with Gasteiger partial charge >= 0.3 is 5.97 Å². The zero-order valence-electron chi connectivity index (χ0n) is 7.60. The average molecular weight is 223 g/mol. The topological polar surface area (TPSA) is 92.7 Å². The van der Waals surface area contributed by atoms with Gasteiger partial charge in [0.05, 0.1) is 6.10 Å². The first kappa shape index (κ1) is 11.4. The largest absolute Gasteiger partial charge is 0.480 e. The average Bonchev–Trinajstić information content (AvgIpc) is 2.50. The van der Waals surface area contributed by atoms with Gasteiger partial charge in [-0.1, -0.05) is 0 Å². The molecule has 0 aromatic heterocycles. The number of nitrogens with one attached hydrogen (secondary N) is 1. The Morgan fingerprint density at radius 1 is 1.57 bits per heavy atom. The third-order valence-electron chi connectivity index (χ3n) is 1.87. The van der Waals surface area contributed by atoms with Gasteiger partial charge in [-0.25, -0.2) is 13.1 Å². The molecule has 0 aromatic rings. The Balaban J connectivity index is 2.32. The highest BCUT2D eigenvalue weighted by Gasteiger charge is 2.20. The molecule has 0 aliphatic carbocycles. The molecule has 0 amide bonds. The Labute approximate surface area is 82.3 Å². The molecule has 0 spiro atoms. The number of hydrogen-bond donors (Lipinski definition) is 2. The van der Waals surface area contributed by atoms with E-state index in [1.165, 1.54) is 0 Å². The van der Waals surface area contributed by atoms with E-state index >= 15 is 0 Å². The van der Waals surface area contributed by atoms with Gasteiger partial charge in [0.15, 0.2) is 5.75 Å². The number of carbonyl (C=O) groups is 1. The van der Waals surface area contributed by atoms with E-state index in [0.29, 0.717) is 6.61 Å². The molecule has 0 aromatic carbocycles. The van der Waals surface area contributed by atoms with Gasteiger partial charge in [-0.15, -0.1) is 0 Å². The van der Waals surface area contributed by atoms with Gasteiger partial charge in [0.1, 0.15) is 0 Å². The lowest BCUT2D eigenvalue weighted by molar-refractivity contribution is -0.134. The maximum absolute atomic E-state index is 11.1. The van der Waals surface area contributed by atoms with Crippen LogP contribution < -0.4 is 4.72 Å². The molecule has 0 unspecified atom stereocenters. The van der Waals surface area contributed by atoms with E-state index < -0.39 is 21.7 Å². The van der Waals surface area contributed by atoms with Crippen molar-refractivity contribution in [1.29, 1.82) is 0 Å². The smallest absolute Gasteiger partial charge is 0.320 e. The molecule has 1 atom stereocenters. The summed E-state index contributed by atoms with van der Waals surface area (Å²) in [5.41, 5.74) is 0. The maximum atomic E-state index is 11.1. The Morgan fingerprint density at radius 2 is 2.29 bits per heavy atom. The monoisotopic (exact) mass is 223 g/mol. The normalized spacial score (nSPS) is 22.4. The fraction of sp³-hybridized carbons (Fsp3) is 0.857. The third kappa shape index (κ3) is 4.03. The predicted molar refractivity (Wildman–Crippen MR) is 48.4 cm³/mol. The quantitative estimate of drug-likeness (QED) is 0.634. The second-order valence-electron chi connectivity index (χ2n) is 3.14. The highest BCUT2D eigenvalue weighted by atomic mass is 32.2. The SMILES string of the molecule is O=C(O)CS(=O)(=O)NC[C@@H]1CCCO1. The maximum Gasteiger partial charge on any atom is 0.320 e. The molecule has 1 heterocycles. The van der Waals surface area contributed by atoms with Gasteiger partial charge in [0.25, 0.3) is 0 Å². The van der Waals surface area contributed by atoms with Crippen molar-refractivity contribution in [3.8, 4) is 0 Å². The number of sulfonamides is 1. The molecule has 1 rings (SSSR count). The lowest BCUT2D eigenvalue weighted by atomic mass is 10.2. The van der Waals surface area contributed by atoms with Crippen molar-refractivity contribution in [3.63, 3.8) is 0 Å². The second-order valence-corrected chi connectivity index (χ2v) is 4.94. The molecule has 1 aliphatic heterocycles. The third-order valence-corrected chi connectivity index (χ3v) is 3.10. The van der Waals surface area contributed by atoms with Crippen molar-refractivity contribution < 1.29 is 23.1 Å². The Kier molecular flexibility index (Phi) is 3.85. The van der Waals surface area contributed by atoms with E-state index in [0.717, 1.165) is 12.8 Å². The van der Waals surface area contributed by atoms with Crippen molar-refractivity contribution in [2.75, 3.05) is 18.9 Å². The standard InChI is InChI=1S/C7H13NO5S/c9-7(10)5-14(11,12)8-4-6-2-1-3-13-6/h6,8H,1-5H2,(H,9,10)/t6-/m0/s1. The molecule has 7 heteroatoms. The molecule has 82 valence electrons. The minimum atomic E-state index is -3.70. The van der Waals surface area contributed by atoms with Crippen molar-refractivity contribution in [1.82, 2.24) is 4.72 Å². The molecular formula is C7H13NO5S. The molecule has 0 radical (unpaired) electrons. The Morgan fingerprint density at radius 3 is 2.79 bits per heavy atom. The van der Waals surface area contributed by atoms with Crippen LogP contribution in [0.4, 0.5) is 0 Å². The summed E-state index contributed by atoms with van der Waals surface area (Å²) >= 11 is 0. The fourth-order valence-electron chi connectivity index (χ4n) is 1.24. The highest BCUT2D eigenvalue weighted by Crippen LogP contribution is 2.10. The number of rotatable bonds is 5. The number of hydrogen-bond acceptors (Lipinski definition) is 4. The summed E-state index contributed by atoms with van der Waals surface area (Å²) < 4.78 is 29.5. The highest BCUT2D eigenvalue weighted by molar-refractivity contribution is 7.90. The predicted octanol–water partition coefficient (Wildman–Crippen LogP) is -0.831. The van der Waals surface area contributed by atoms with Crippen LogP contribution in [0.5, 0.6) is 0 Å². The summed E-state index contributed by atoms with van der Waals surface area (Å²) in [6.07, 6.45) is 1.62. The van der Waals surface area contributed by atoms with Crippen LogP contribution in [0.2, 0.25) is 0 Å². The van der Waals surface area contributed by atoms with Gasteiger partial charge in [0, 0.05) is 13.2 Å². The van der Waals surface area contributed by atoms with Crippen LogP contribution in [0.25, 0.3) is 0 Å². The van der Waals surface area contributed by atoms with Gasteiger partial charge in [0.2, 0.25) is 10.0 Å². The van der Waals surface area contributed by atoms with Crippen LogP contribution in [0.1, 0.15) is 12.8 Å². The van der Waals surface area contributed by atoms with Gasteiger partial charge in [-0.3, -0.25) is 4.79 Å². The Hall–Kier alpha value is -0.660. The fourth-order valence-corrected chi connectivity index (χ4v) is 2.11. The van der Waals surface area contributed by atoms with Crippen LogP contribution >= 0.6 is 0 Å². The zero-order valence-corrected chi connectivity index (χ0v) is 8.42. The van der Waals surface area contributed by atoms with Gasteiger partial charge in [-0.2, -0.15) is 0 Å². The zero-order chi connectivity index (χ0) is 10.6. The first-order valence-corrected chi connectivity index (χ1v) is 5.95. The van der Waals surface area contributed by atoms with Crippen LogP contribution in [-0.4, -0.2) is 44.5 Å². The van der Waals surface area contributed by atoms with Crippen LogP contribution in [0.15, 0.2) is 0 Å². The minimum Gasteiger partial charge on any atom is -0.480 e. The molecular weight excluding hydrogens is 210 g/mol. The minimum absolute atomic E-state index is 0.112. The van der Waals surface area contributed by atoms with Crippen LogP contribution in [0.3, 0.4) is 0 Å². The molecule has 0 bridgehead atoms. The van der Waals surface area contributed by atoms with Gasteiger partial charge in [-0.05, 0) is 12.8 Å². The summed E-state index contributed by atoms with van der Waals surface area (Å²) in [5.74, 6) is -2.25. The summed E-state index contributed by atoms with van der Waals surface area (Å²) in [6, 6.07) is 0.